The topological polar surface area (TPSA) is 36.0 Å². The molecule has 5 nitrogen and oxygen atoms in total. The number of amides is 1. The van der Waals surface area contributed by atoms with Crippen molar-refractivity contribution < 1.29 is 9.53 Å². The Bertz CT molecular complexity index is 657. The van der Waals surface area contributed by atoms with E-state index < -0.39 is 0 Å². The van der Waals surface area contributed by atoms with E-state index in [1.165, 1.54) is 50.9 Å². The summed E-state index contributed by atoms with van der Waals surface area (Å²) in [6.07, 6.45) is 8.78. The van der Waals surface area contributed by atoms with Crippen LogP contribution in [-0.2, 0) is 11.3 Å². The van der Waals surface area contributed by atoms with Crippen LogP contribution in [0.3, 0.4) is 0 Å². The number of rotatable bonds is 8. The molecule has 160 valence electrons. The molecule has 0 N–H and O–H groups in total. The largest absolute Gasteiger partial charge is 0.494 e. The number of likely N-dealkylation sites (tertiary alicyclic amines) is 1. The number of hydrogen-bond acceptors (Lipinski definition) is 4. The SMILES string of the molecule is C[C@@H]1C(=O)N2CCC[C@@H]2CN1Cc1ccc(OCCCCN2CCCCC2)cc1. The number of nitrogens with zero attached hydrogens (tertiary/aromatic N) is 3. The van der Waals surface area contributed by atoms with E-state index in [0.717, 1.165) is 51.3 Å². The van der Waals surface area contributed by atoms with Crippen LogP contribution in [0.15, 0.2) is 24.3 Å². The van der Waals surface area contributed by atoms with Crippen LogP contribution in [0.5, 0.6) is 5.75 Å². The first kappa shape index (κ1) is 20.7. The molecule has 0 aromatic heterocycles. The normalized spacial score (nSPS) is 26.0. The number of unbranched alkanes of at least 4 members (excludes halogenated alkanes) is 1. The van der Waals surface area contributed by atoms with E-state index in [-0.39, 0.29) is 6.04 Å². The lowest BCUT2D eigenvalue weighted by molar-refractivity contribution is -0.143. The number of hydrogen-bond donors (Lipinski definition) is 0. The zero-order valence-electron chi connectivity index (χ0n) is 18.0. The molecule has 3 fully saturated rings. The van der Waals surface area contributed by atoms with Gasteiger partial charge in [-0.1, -0.05) is 18.6 Å². The van der Waals surface area contributed by atoms with E-state index >= 15 is 0 Å². The second-order valence-corrected chi connectivity index (χ2v) is 9.03. The van der Waals surface area contributed by atoms with E-state index in [4.69, 9.17) is 4.74 Å². The maximum absolute atomic E-state index is 12.6. The molecule has 3 aliphatic rings. The van der Waals surface area contributed by atoms with Gasteiger partial charge < -0.3 is 14.5 Å². The molecular weight excluding hydrogens is 362 g/mol. The van der Waals surface area contributed by atoms with Gasteiger partial charge >= 0.3 is 0 Å². The van der Waals surface area contributed by atoms with Crippen LogP contribution >= 0.6 is 0 Å². The molecule has 1 aromatic rings. The fraction of sp³-hybridized carbons (Fsp3) is 0.708. The number of carbonyl (C=O) groups excluding carboxylic acids is 1. The summed E-state index contributed by atoms with van der Waals surface area (Å²) in [7, 11) is 0. The molecule has 0 aliphatic carbocycles. The second kappa shape index (κ2) is 9.94. The molecule has 5 heteroatoms. The molecule has 0 unspecified atom stereocenters. The average Bonchev–Trinajstić information content (AvgIpc) is 3.22. The third-order valence-corrected chi connectivity index (χ3v) is 6.91. The van der Waals surface area contributed by atoms with Gasteiger partial charge in [-0.3, -0.25) is 9.69 Å². The maximum atomic E-state index is 12.6. The Balaban J connectivity index is 1.18. The molecule has 1 aromatic carbocycles. The zero-order chi connectivity index (χ0) is 20.1. The molecule has 1 amide bonds. The predicted molar refractivity (Wildman–Crippen MR) is 116 cm³/mol. The second-order valence-electron chi connectivity index (χ2n) is 9.03. The summed E-state index contributed by atoms with van der Waals surface area (Å²) in [6, 6.07) is 8.88. The van der Waals surface area contributed by atoms with E-state index in [9.17, 15) is 4.79 Å². The minimum atomic E-state index is -0.0137. The lowest BCUT2D eigenvalue weighted by atomic mass is 10.1. The van der Waals surface area contributed by atoms with E-state index in [0.29, 0.717) is 11.9 Å². The third-order valence-electron chi connectivity index (χ3n) is 6.91. The van der Waals surface area contributed by atoms with Gasteiger partial charge in [-0.2, -0.15) is 0 Å². The number of piperidine rings is 1. The molecule has 3 saturated heterocycles. The Labute approximate surface area is 176 Å². The van der Waals surface area contributed by atoms with Crippen LogP contribution in [0, 0.1) is 0 Å². The summed E-state index contributed by atoms with van der Waals surface area (Å²) in [6.45, 7) is 9.42. The molecule has 0 spiro atoms. The third kappa shape index (κ3) is 5.32. The summed E-state index contributed by atoms with van der Waals surface area (Å²) in [5.41, 5.74) is 1.26. The van der Waals surface area contributed by atoms with Crippen molar-refractivity contribution in [1.29, 1.82) is 0 Å². The summed E-state index contributed by atoms with van der Waals surface area (Å²) in [4.78, 5) is 19.6. The molecular formula is C24H37N3O2. The number of ether oxygens (including phenoxy) is 1. The highest BCUT2D eigenvalue weighted by atomic mass is 16.5. The zero-order valence-corrected chi connectivity index (χ0v) is 18.0. The first-order valence-electron chi connectivity index (χ1n) is 11.7. The van der Waals surface area contributed by atoms with E-state index in [1.807, 2.05) is 0 Å². The highest BCUT2D eigenvalue weighted by Crippen LogP contribution is 2.27. The monoisotopic (exact) mass is 399 g/mol. The molecule has 0 radical (unpaired) electrons. The van der Waals surface area contributed by atoms with Gasteiger partial charge in [0.25, 0.3) is 0 Å². The smallest absolute Gasteiger partial charge is 0.239 e. The lowest BCUT2D eigenvalue weighted by Crippen LogP contribution is -2.58. The van der Waals surface area contributed by atoms with Crippen molar-refractivity contribution in [2.24, 2.45) is 0 Å². The molecule has 4 rings (SSSR count). The number of piperazine rings is 1. The Morgan fingerprint density at radius 1 is 1.00 bits per heavy atom. The van der Waals surface area contributed by atoms with Crippen molar-refractivity contribution in [3.63, 3.8) is 0 Å². The van der Waals surface area contributed by atoms with Gasteiger partial charge in [0.1, 0.15) is 5.75 Å². The Hall–Kier alpha value is -1.59. The highest BCUT2D eigenvalue weighted by Gasteiger charge is 2.39. The van der Waals surface area contributed by atoms with Crippen LogP contribution < -0.4 is 4.74 Å². The van der Waals surface area contributed by atoms with E-state index in [1.54, 1.807) is 0 Å². The van der Waals surface area contributed by atoms with Crippen molar-refractivity contribution in [1.82, 2.24) is 14.7 Å². The molecule has 29 heavy (non-hydrogen) atoms. The quantitative estimate of drug-likeness (QED) is 0.627. The van der Waals surface area contributed by atoms with Crippen molar-refractivity contribution in [2.75, 3.05) is 39.3 Å². The van der Waals surface area contributed by atoms with Gasteiger partial charge in [-0.15, -0.1) is 0 Å². The highest BCUT2D eigenvalue weighted by molar-refractivity contribution is 5.83. The number of fused-ring (bicyclic) bond motifs is 1. The molecule has 3 aliphatic heterocycles. The fourth-order valence-corrected chi connectivity index (χ4v) is 5.08. The van der Waals surface area contributed by atoms with Gasteiger partial charge in [0, 0.05) is 25.7 Å². The predicted octanol–water partition coefficient (Wildman–Crippen LogP) is 3.53. The van der Waals surface area contributed by atoms with Crippen molar-refractivity contribution in [2.45, 2.75) is 70.5 Å². The summed E-state index contributed by atoms with van der Waals surface area (Å²) in [5, 5.41) is 0. The summed E-state index contributed by atoms with van der Waals surface area (Å²) < 4.78 is 5.94. The number of benzene rings is 1. The standard InChI is InChI=1S/C24H37N3O2/c1-20-24(28)27-16-7-8-22(27)19-26(20)18-21-9-11-23(12-10-21)29-17-6-5-15-25-13-3-2-4-14-25/h9-12,20,22H,2-8,13-19H2,1H3/t20-,22-/m1/s1. The van der Waals surface area contributed by atoms with E-state index in [2.05, 4.69) is 45.9 Å². The van der Waals surface area contributed by atoms with Crippen LogP contribution in [0.2, 0.25) is 0 Å². The van der Waals surface area contributed by atoms with Crippen molar-refractivity contribution in [3.05, 3.63) is 29.8 Å². The van der Waals surface area contributed by atoms with Gasteiger partial charge in [-0.25, -0.2) is 0 Å². The average molecular weight is 400 g/mol. The summed E-state index contributed by atoms with van der Waals surface area (Å²) >= 11 is 0. The minimum absolute atomic E-state index is 0.0137. The van der Waals surface area contributed by atoms with Crippen molar-refractivity contribution >= 4 is 5.91 Å². The first-order chi connectivity index (χ1) is 14.2. The minimum Gasteiger partial charge on any atom is -0.494 e. The van der Waals surface area contributed by atoms with Crippen LogP contribution in [0.1, 0.15) is 57.4 Å². The first-order valence-corrected chi connectivity index (χ1v) is 11.7. The Morgan fingerprint density at radius 3 is 2.59 bits per heavy atom. The number of carbonyl (C=O) groups is 1. The van der Waals surface area contributed by atoms with Crippen LogP contribution in [-0.4, -0.2) is 72.0 Å². The maximum Gasteiger partial charge on any atom is 0.239 e. The van der Waals surface area contributed by atoms with Gasteiger partial charge in [0.2, 0.25) is 5.91 Å². The lowest BCUT2D eigenvalue weighted by Gasteiger charge is -2.41. The fourth-order valence-electron chi connectivity index (χ4n) is 5.08. The molecule has 0 bridgehead atoms. The Morgan fingerprint density at radius 2 is 1.79 bits per heavy atom. The summed E-state index contributed by atoms with van der Waals surface area (Å²) in [5.74, 6) is 1.26. The Kier molecular flexibility index (Phi) is 7.09. The van der Waals surface area contributed by atoms with Crippen LogP contribution in [0.25, 0.3) is 0 Å². The molecule has 0 saturated carbocycles. The van der Waals surface area contributed by atoms with Crippen LogP contribution in [0.4, 0.5) is 0 Å². The van der Waals surface area contributed by atoms with Gasteiger partial charge in [-0.05, 0) is 82.8 Å². The van der Waals surface area contributed by atoms with Crippen molar-refractivity contribution in [3.8, 4) is 5.75 Å². The van der Waals surface area contributed by atoms with Gasteiger partial charge in [0.05, 0.1) is 12.6 Å². The molecule has 3 heterocycles. The molecule has 2 atom stereocenters. The van der Waals surface area contributed by atoms with Gasteiger partial charge in [0.15, 0.2) is 0 Å².